The van der Waals surface area contributed by atoms with Crippen LogP contribution >= 0.6 is 0 Å². The zero-order chi connectivity index (χ0) is 16.7. The van der Waals surface area contributed by atoms with Crippen molar-refractivity contribution < 1.29 is 14.3 Å². The van der Waals surface area contributed by atoms with E-state index in [1.54, 1.807) is 19.1 Å². The molecule has 4 nitrogen and oxygen atoms in total. The fraction of sp³-hybridized carbons (Fsp3) is 0.316. The van der Waals surface area contributed by atoms with Crippen LogP contribution in [0.2, 0.25) is 0 Å². The van der Waals surface area contributed by atoms with E-state index in [-0.39, 0.29) is 5.91 Å². The van der Waals surface area contributed by atoms with Crippen molar-refractivity contribution in [1.29, 1.82) is 0 Å². The number of likely N-dealkylation sites (N-methyl/N-ethyl adjacent to an activating group) is 1. The van der Waals surface area contributed by atoms with Crippen molar-refractivity contribution in [3.8, 4) is 11.5 Å². The first-order valence-electron chi connectivity index (χ1n) is 7.73. The molecule has 122 valence electrons. The molecule has 0 spiro atoms. The Morgan fingerprint density at radius 1 is 1.04 bits per heavy atom. The first kappa shape index (κ1) is 16.9. The number of ether oxygens (including phenoxy) is 2. The molecular formula is C19H23NO3. The van der Waals surface area contributed by atoms with Gasteiger partial charge in [-0.3, -0.25) is 4.79 Å². The highest BCUT2D eigenvalue weighted by Crippen LogP contribution is 2.19. The number of rotatable bonds is 7. The van der Waals surface area contributed by atoms with E-state index in [0.717, 1.165) is 11.3 Å². The fourth-order valence-electron chi connectivity index (χ4n) is 2.31. The largest absolute Gasteiger partial charge is 0.497 e. The van der Waals surface area contributed by atoms with Crippen LogP contribution in [0.3, 0.4) is 0 Å². The zero-order valence-corrected chi connectivity index (χ0v) is 13.9. The molecule has 0 aliphatic carbocycles. The van der Waals surface area contributed by atoms with Crippen LogP contribution in [-0.2, 0) is 11.3 Å². The van der Waals surface area contributed by atoms with Gasteiger partial charge in [-0.15, -0.1) is 0 Å². The van der Waals surface area contributed by atoms with E-state index in [1.807, 2.05) is 61.5 Å². The zero-order valence-electron chi connectivity index (χ0n) is 13.9. The summed E-state index contributed by atoms with van der Waals surface area (Å²) < 4.78 is 11.0. The topological polar surface area (TPSA) is 38.8 Å². The maximum absolute atomic E-state index is 12.6. The molecule has 0 saturated carbocycles. The van der Waals surface area contributed by atoms with E-state index in [2.05, 4.69) is 0 Å². The van der Waals surface area contributed by atoms with Crippen LogP contribution in [0.15, 0.2) is 54.6 Å². The van der Waals surface area contributed by atoms with E-state index in [0.29, 0.717) is 18.7 Å². The molecule has 23 heavy (non-hydrogen) atoms. The Morgan fingerprint density at radius 2 is 1.65 bits per heavy atom. The summed E-state index contributed by atoms with van der Waals surface area (Å²) in [5.41, 5.74) is 1.10. The number of carbonyl (C=O) groups excluding carboxylic acids is 1. The molecule has 0 aromatic heterocycles. The van der Waals surface area contributed by atoms with E-state index in [9.17, 15) is 4.79 Å². The molecule has 0 N–H and O–H groups in total. The summed E-state index contributed by atoms with van der Waals surface area (Å²) >= 11 is 0. The molecule has 1 amide bonds. The summed E-state index contributed by atoms with van der Waals surface area (Å²) in [5.74, 6) is 1.41. The molecule has 0 bridgehead atoms. The van der Waals surface area contributed by atoms with E-state index < -0.39 is 6.10 Å². The second kappa shape index (κ2) is 8.22. The number of amides is 1. The van der Waals surface area contributed by atoms with Gasteiger partial charge in [0.2, 0.25) is 0 Å². The van der Waals surface area contributed by atoms with Crippen LogP contribution in [0.1, 0.15) is 18.9 Å². The molecule has 0 saturated heterocycles. The summed E-state index contributed by atoms with van der Waals surface area (Å²) in [6, 6.07) is 17.2. The molecule has 4 heteroatoms. The van der Waals surface area contributed by atoms with Gasteiger partial charge in [-0.25, -0.2) is 0 Å². The first-order valence-corrected chi connectivity index (χ1v) is 7.73. The van der Waals surface area contributed by atoms with Crippen molar-refractivity contribution in [1.82, 2.24) is 4.90 Å². The number of benzene rings is 2. The van der Waals surface area contributed by atoms with Gasteiger partial charge in [0.1, 0.15) is 11.5 Å². The number of nitrogens with zero attached hydrogens (tertiary/aromatic N) is 1. The molecule has 0 radical (unpaired) electrons. The second-order valence-corrected chi connectivity index (χ2v) is 5.37. The standard InChI is InChI=1S/C19H23NO3/c1-4-18(23-17-12-10-16(22-3)11-13-17)19(21)20(2)14-15-8-6-5-7-9-15/h5-13,18H,4,14H2,1-3H3. The maximum atomic E-state index is 12.6. The molecule has 1 atom stereocenters. The smallest absolute Gasteiger partial charge is 0.263 e. The lowest BCUT2D eigenvalue weighted by atomic mass is 10.2. The third kappa shape index (κ3) is 4.74. The van der Waals surface area contributed by atoms with Gasteiger partial charge >= 0.3 is 0 Å². The molecule has 0 heterocycles. The predicted molar refractivity (Wildman–Crippen MR) is 90.6 cm³/mol. The Labute approximate surface area is 137 Å². The molecule has 2 rings (SSSR count). The minimum atomic E-state index is -0.489. The number of hydrogen-bond acceptors (Lipinski definition) is 3. The highest BCUT2D eigenvalue weighted by atomic mass is 16.5. The van der Waals surface area contributed by atoms with Crippen LogP contribution < -0.4 is 9.47 Å². The van der Waals surface area contributed by atoms with Gasteiger partial charge in [-0.2, -0.15) is 0 Å². The normalized spacial score (nSPS) is 11.6. The van der Waals surface area contributed by atoms with Crippen molar-refractivity contribution in [3.05, 3.63) is 60.2 Å². The Morgan fingerprint density at radius 3 is 2.22 bits per heavy atom. The van der Waals surface area contributed by atoms with E-state index in [1.165, 1.54) is 0 Å². The average molecular weight is 313 g/mol. The van der Waals surface area contributed by atoms with Crippen LogP contribution in [-0.4, -0.2) is 31.1 Å². The van der Waals surface area contributed by atoms with Crippen molar-refractivity contribution in [2.75, 3.05) is 14.2 Å². The lowest BCUT2D eigenvalue weighted by Crippen LogP contribution is -2.39. The van der Waals surface area contributed by atoms with Gasteiger partial charge < -0.3 is 14.4 Å². The lowest BCUT2D eigenvalue weighted by molar-refractivity contribution is -0.138. The molecule has 0 aliphatic rings. The summed E-state index contributed by atoms with van der Waals surface area (Å²) in [7, 11) is 3.42. The molecule has 0 aliphatic heterocycles. The number of methoxy groups -OCH3 is 1. The minimum Gasteiger partial charge on any atom is -0.497 e. The summed E-state index contributed by atoms with van der Waals surface area (Å²) in [6.07, 6.45) is 0.126. The summed E-state index contributed by atoms with van der Waals surface area (Å²) in [6.45, 7) is 2.52. The monoisotopic (exact) mass is 313 g/mol. The molecule has 0 fully saturated rings. The third-order valence-electron chi connectivity index (χ3n) is 3.62. The number of hydrogen-bond donors (Lipinski definition) is 0. The van der Waals surface area contributed by atoms with Crippen molar-refractivity contribution in [2.24, 2.45) is 0 Å². The summed E-state index contributed by atoms with van der Waals surface area (Å²) in [5, 5.41) is 0. The number of carbonyl (C=O) groups is 1. The van der Waals surface area contributed by atoms with Gasteiger partial charge in [0, 0.05) is 13.6 Å². The predicted octanol–water partition coefficient (Wildman–Crippen LogP) is 3.51. The van der Waals surface area contributed by atoms with Crippen LogP contribution in [0, 0.1) is 0 Å². The van der Waals surface area contributed by atoms with Crippen molar-refractivity contribution in [3.63, 3.8) is 0 Å². The summed E-state index contributed by atoms with van der Waals surface area (Å²) in [4.78, 5) is 14.3. The quantitative estimate of drug-likeness (QED) is 0.785. The fourth-order valence-corrected chi connectivity index (χ4v) is 2.31. The van der Waals surface area contributed by atoms with E-state index in [4.69, 9.17) is 9.47 Å². The van der Waals surface area contributed by atoms with Crippen LogP contribution in [0.4, 0.5) is 0 Å². The van der Waals surface area contributed by atoms with E-state index >= 15 is 0 Å². The van der Waals surface area contributed by atoms with Crippen molar-refractivity contribution >= 4 is 5.91 Å². The first-order chi connectivity index (χ1) is 11.1. The van der Waals surface area contributed by atoms with Gasteiger partial charge in [0.15, 0.2) is 6.10 Å². The van der Waals surface area contributed by atoms with Gasteiger partial charge in [-0.05, 0) is 36.2 Å². The molecule has 2 aromatic rings. The molecule has 2 aromatic carbocycles. The highest BCUT2D eigenvalue weighted by Gasteiger charge is 2.22. The van der Waals surface area contributed by atoms with Gasteiger partial charge in [0.25, 0.3) is 5.91 Å². The second-order valence-electron chi connectivity index (χ2n) is 5.37. The van der Waals surface area contributed by atoms with Crippen LogP contribution in [0.5, 0.6) is 11.5 Å². The minimum absolute atomic E-state index is 0.0211. The Bertz CT molecular complexity index is 610. The Hall–Kier alpha value is -2.49. The molecular weight excluding hydrogens is 290 g/mol. The SMILES string of the molecule is CCC(Oc1ccc(OC)cc1)C(=O)N(C)Cc1ccccc1. The van der Waals surface area contributed by atoms with Crippen LogP contribution in [0.25, 0.3) is 0 Å². The highest BCUT2D eigenvalue weighted by molar-refractivity contribution is 5.81. The van der Waals surface area contributed by atoms with Crippen molar-refractivity contribution in [2.45, 2.75) is 26.0 Å². The Balaban J connectivity index is 1.99. The average Bonchev–Trinajstić information content (AvgIpc) is 2.60. The Kier molecular flexibility index (Phi) is 6.03. The maximum Gasteiger partial charge on any atom is 0.263 e. The van der Waals surface area contributed by atoms with Gasteiger partial charge in [-0.1, -0.05) is 37.3 Å². The molecule has 1 unspecified atom stereocenters. The van der Waals surface area contributed by atoms with Gasteiger partial charge in [0.05, 0.1) is 7.11 Å². The third-order valence-corrected chi connectivity index (χ3v) is 3.62. The lowest BCUT2D eigenvalue weighted by Gasteiger charge is -2.24.